The van der Waals surface area contributed by atoms with Gasteiger partial charge in [-0.3, -0.25) is 10.4 Å². The molecule has 0 unspecified atom stereocenters. The van der Waals surface area contributed by atoms with E-state index in [1.54, 1.807) is 43.6 Å². The highest BCUT2D eigenvalue weighted by molar-refractivity contribution is 6.12. The van der Waals surface area contributed by atoms with E-state index in [1.807, 2.05) is 13.0 Å². The van der Waals surface area contributed by atoms with Gasteiger partial charge in [0.05, 0.1) is 25.5 Å². The number of pyridine rings is 1. The van der Waals surface area contributed by atoms with Gasteiger partial charge >= 0.3 is 0 Å². The average Bonchev–Trinajstić information content (AvgIpc) is 3.39. The highest BCUT2D eigenvalue weighted by atomic mass is 19.1. The van der Waals surface area contributed by atoms with Crippen molar-refractivity contribution in [2.75, 3.05) is 17.2 Å². The Morgan fingerprint density at radius 3 is 2.63 bits per heavy atom. The van der Waals surface area contributed by atoms with Crippen molar-refractivity contribution in [2.24, 2.45) is 0 Å². The lowest BCUT2D eigenvalue weighted by atomic mass is 10.1. The van der Waals surface area contributed by atoms with Crippen molar-refractivity contribution in [2.45, 2.75) is 33.6 Å². The molecule has 0 aliphatic carbocycles. The third-order valence-corrected chi connectivity index (χ3v) is 6.15. The molecule has 5 rings (SSSR count). The SMILES string of the molecule is CCOc1cc(F)c(CNc2ccccc2C(=N)c2nc3c(c(Nc4ccncc4C)n2)COC3)c(F)c1. The van der Waals surface area contributed by atoms with E-state index < -0.39 is 11.6 Å². The van der Waals surface area contributed by atoms with Crippen molar-refractivity contribution in [3.63, 3.8) is 0 Å². The summed E-state index contributed by atoms with van der Waals surface area (Å²) in [4.78, 5) is 13.4. The summed E-state index contributed by atoms with van der Waals surface area (Å²) >= 11 is 0. The molecule has 0 spiro atoms. The Bertz CT molecular complexity index is 1490. The lowest BCUT2D eigenvalue weighted by Crippen LogP contribution is -2.15. The van der Waals surface area contributed by atoms with Gasteiger partial charge in [0.2, 0.25) is 0 Å². The number of halogens is 2. The third kappa shape index (κ3) is 5.16. The van der Waals surface area contributed by atoms with E-state index in [-0.39, 0.29) is 29.4 Å². The maximum absolute atomic E-state index is 14.6. The second-order valence-electron chi connectivity index (χ2n) is 8.70. The molecule has 1 aliphatic rings. The molecule has 1 aliphatic heterocycles. The smallest absolute Gasteiger partial charge is 0.180 e. The number of aromatic nitrogens is 3. The predicted molar refractivity (Wildman–Crippen MR) is 140 cm³/mol. The van der Waals surface area contributed by atoms with E-state index in [0.717, 1.165) is 28.9 Å². The summed E-state index contributed by atoms with van der Waals surface area (Å²) < 4.78 is 40.0. The van der Waals surface area contributed by atoms with Gasteiger partial charge in [-0.2, -0.15) is 0 Å². The molecule has 0 atom stereocenters. The number of nitrogens with one attached hydrogen (secondary N) is 3. The topological polar surface area (TPSA) is 105 Å². The molecule has 10 heteroatoms. The van der Waals surface area contributed by atoms with Gasteiger partial charge in [-0.1, -0.05) is 18.2 Å². The molecule has 3 heterocycles. The fourth-order valence-electron chi connectivity index (χ4n) is 4.17. The van der Waals surface area contributed by atoms with Crippen LogP contribution in [0.25, 0.3) is 0 Å². The van der Waals surface area contributed by atoms with E-state index in [9.17, 15) is 8.78 Å². The van der Waals surface area contributed by atoms with Gasteiger partial charge in [0.15, 0.2) is 5.82 Å². The van der Waals surface area contributed by atoms with Gasteiger partial charge in [0, 0.05) is 59.1 Å². The van der Waals surface area contributed by atoms with Crippen LogP contribution in [-0.2, 0) is 24.5 Å². The molecule has 4 aromatic rings. The fourth-order valence-corrected chi connectivity index (χ4v) is 4.17. The van der Waals surface area contributed by atoms with E-state index >= 15 is 0 Å². The molecule has 0 fully saturated rings. The number of aryl methyl sites for hydroxylation is 1. The number of hydrogen-bond acceptors (Lipinski definition) is 8. The van der Waals surface area contributed by atoms with E-state index in [1.165, 1.54) is 0 Å². The second kappa shape index (κ2) is 10.9. The van der Waals surface area contributed by atoms with Crippen LogP contribution < -0.4 is 15.4 Å². The monoisotopic (exact) mass is 516 g/mol. The number of hydrogen-bond donors (Lipinski definition) is 3. The number of fused-ring (bicyclic) bond motifs is 1. The minimum atomic E-state index is -0.711. The summed E-state index contributed by atoms with van der Waals surface area (Å²) in [7, 11) is 0. The Labute approximate surface area is 218 Å². The summed E-state index contributed by atoms with van der Waals surface area (Å²) in [6.07, 6.45) is 3.44. The van der Waals surface area contributed by atoms with Crippen molar-refractivity contribution in [1.29, 1.82) is 5.41 Å². The Hall–Kier alpha value is -4.44. The van der Waals surface area contributed by atoms with Crippen LogP contribution in [0.1, 0.15) is 40.7 Å². The highest BCUT2D eigenvalue weighted by Gasteiger charge is 2.23. The molecule has 2 aromatic heterocycles. The molecule has 38 heavy (non-hydrogen) atoms. The number of nitrogens with zero attached hydrogens (tertiary/aromatic N) is 3. The Morgan fingerprint density at radius 1 is 1.08 bits per heavy atom. The first-order chi connectivity index (χ1) is 18.4. The molecular weight excluding hydrogens is 490 g/mol. The fraction of sp³-hybridized carbons (Fsp3) is 0.214. The van der Waals surface area contributed by atoms with Crippen LogP contribution in [0.2, 0.25) is 0 Å². The average molecular weight is 517 g/mol. The normalized spacial score (nSPS) is 12.2. The van der Waals surface area contributed by atoms with Gasteiger partial charge in [0.25, 0.3) is 0 Å². The summed E-state index contributed by atoms with van der Waals surface area (Å²) in [5, 5.41) is 15.3. The van der Waals surface area contributed by atoms with Crippen LogP contribution >= 0.6 is 0 Å². The standard InChI is InChI=1S/C28H26F2N6O2/c1-3-38-17-10-21(29)19(22(30)11-17)13-33-24-7-5-4-6-18(24)26(31)28-35-25-15-37-14-20(25)27(36-28)34-23-8-9-32-12-16(23)2/h4-12,31,33H,3,13-15H2,1-2H3,(H,32,34,35,36). The first-order valence-corrected chi connectivity index (χ1v) is 12.1. The van der Waals surface area contributed by atoms with Crippen molar-refractivity contribution in [3.8, 4) is 5.75 Å². The molecule has 0 radical (unpaired) electrons. The zero-order valence-corrected chi connectivity index (χ0v) is 20.9. The van der Waals surface area contributed by atoms with Gasteiger partial charge < -0.3 is 20.1 Å². The molecule has 2 aromatic carbocycles. The second-order valence-corrected chi connectivity index (χ2v) is 8.70. The molecule has 3 N–H and O–H groups in total. The Kier molecular flexibility index (Phi) is 7.23. The number of para-hydroxylation sites is 1. The molecule has 0 saturated heterocycles. The van der Waals surface area contributed by atoms with E-state index in [4.69, 9.17) is 14.9 Å². The van der Waals surface area contributed by atoms with Crippen LogP contribution in [0.5, 0.6) is 5.75 Å². The first-order valence-electron chi connectivity index (χ1n) is 12.1. The minimum absolute atomic E-state index is 0.0601. The van der Waals surface area contributed by atoms with Crippen LogP contribution in [0.15, 0.2) is 54.9 Å². The number of rotatable bonds is 9. The summed E-state index contributed by atoms with van der Waals surface area (Å²) in [6.45, 7) is 4.55. The molecule has 0 bridgehead atoms. The van der Waals surface area contributed by atoms with Gasteiger partial charge in [-0.15, -0.1) is 0 Å². The van der Waals surface area contributed by atoms with E-state index in [0.29, 0.717) is 42.6 Å². The van der Waals surface area contributed by atoms with Gasteiger partial charge in [-0.25, -0.2) is 18.7 Å². The molecule has 194 valence electrons. The highest BCUT2D eigenvalue weighted by Crippen LogP contribution is 2.30. The summed E-state index contributed by atoms with van der Waals surface area (Å²) in [5.41, 5.74) is 4.27. The maximum atomic E-state index is 14.6. The van der Waals surface area contributed by atoms with Crippen molar-refractivity contribution in [3.05, 3.63) is 100 Å². The van der Waals surface area contributed by atoms with Crippen LogP contribution in [0.3, 0.4) is 0 Å². The minimum Gasteiger partial charge on any atom is -0.494 e. The first kappa shape index (κ1) is 25.2. The third-order valence-electron chi connectivity index (χ3n) is 6.15. The van der Waals surface area contributed by atoms with Crippen molar-refractivity contribution < 1.29 is 18.3 Å². The largest absolute Gasteiger partial charge is 0.494 e. The van der Waals surface area contributed by atoms with Crippen molar-refractivity contribution >= 4 is 22.9 Å². The molecule has 8 nitrogen and oxygen atoms in total. The van der Waals surface area contributed by atoms with Gasteiger partial charge in [-0.05, 0) is 31.5 Å². The number of anilines is 3. The van der Waals surface area contributed by atoms with Gasteiger partial charge in [0.1, 0.15) is 28.9 Å². The number of ether oxygens (including phenoxy) is 2. The predicted octanol–water partition coefficient (Wildman–Crippen LogP) is 5.66. The Balaban J connectivity index is 1.43. The van der Waals surface area contributed by atoms with E-state index in [2.05, 4.69) is 25.6 Å². The van der Waals surface area contributed by atoms with Crippen LogP contribution in [0, 0.1) is 24.0 Å². The summed E-state index contributed by atoms with van der Waals surface area (Å²) in [5.74, 6) is -0.519. The van der Waals surface area contributed by atoms with Crippen molar-refractivity contribution in [1.82, 2.24) is 15.0 Å². The Morgan fingerprint density at radius 2 is 1.87 bits per heavy atom. The van der Waals surface area contributed by atoms with Crippen LogP contribution in [0.4, 0.5) is 26.0 Å². The maximum Gasteiger partial charge on any atom is 0.180 e. The quantitative estimate of drug-likeness (QED) is 0.247. The number of benzene rings is 2. The molecule has 0 saturated carbocycles. The zero-order chi connectivity index (χ0) is 26.6. The lowest BCUT2D eigenvalue weighted by molar-refractivity contribution is 0.133. The molecular formula is C28H26F2N6O2. The zero-order valence-electron chi connectivity index (χ0n) is 20.9. The lowest BCUT2D eigenvalue weighted by Gasteiger charge is -2.16. The van der Waals surface area contributed by atoms with Crippen LogP contribution in [-0.4, -0.2) is 27.3 Å². The summed E-state index contributed by atoms with van der Waals surface area (Å²) in [6, 6.07) is 11.2. The molecule has 0 amide bonds.